The van der Waals surface area contributed by atoms with E-state index in [1.165, 1.54) is 44.2 Å². The number of benzene rings is 1. The monoisotopic (exact) mass is 364 g/mol. The van der Waals surface area contributed by atoms with E-state index in [4.69, 9.17) is 10.1 Å². The van der Waals surface area contributed by atoms with Crippen LogP contribution in [0.15, 0.2) is 34.2 Å². The van der Waals surface area contributed by atoms with E-state index in [9.17, 15) is 8.42 Å². The van der Waals surface area contributed by atoms with E-state index >= 15 is 0 Å². The van der Waals surface area contributed by atoms with Crippen LogP contribution in [0, 0.1) is 5.41 Å². The molecule has 25 heavy (non-hydrogen) atoms. The lowest BCUT2D eigenvalue weighted by molar-refractivity contribution is 0.309. The Morgan fingerprint density at radius 1 is 1.24 bits per heavy atom. The summed E-state index contributed by atoms with van der Waals surface area (Å²) in [5.74, 6) is 0.960. The third-order valence-electron chi connectivity index (χ3n) is 5.40. The second-order valence-corrected chi connectivity index (χ2v) is 8.80. The Labute approximate surface area is 150 Å². The van der Waals surface area contributed by atoms with E-state index in [0.29, 0.717) is 12.0 Å². The second kappa shape index (κ2) is 7.33. The number of primary sulfonamides is 1. The summed E-state index contributed by atoms with van der Waals surface area (Å²) in [6.07, 6.45) is 6.67. The molecule has 1 aromatic rings. The molecule has 0 radical (unpaired) electrons. The maximum Gasteiger partial charge on any atom is 0.238 e. The van der Waals surface area contributed by atoms with Crippen molar-refractivity contribution in [3.05, 3.63) is 29.8 Å². The van der Waals surface area contributed by atoms with Crippen LogP contribution < -0.4 is 10.5 Å². The molecule has 138 valence electrons. The molecule has 0 atom stereocenters. The van der Waals surface area contributed by atoms with Crippen LogP contribution in [-0.4, -0.2) is 38.9 Å². The number of nitrogens with one attached hydrogen (secondary N) is 1. The predicted octanol–water partition coefficient (Wildman–Crippen LogP) is 2.07. The summed E-state index contributed by atoms with van der Waals surface area (Å²) < 4.78 is 22.7. The van der Waals surface area contributed by atoms with Gasteiger partial charge in [-0.1, -0.05) is 25.0 Å². The van der Waals surface area contributed by atoms with Crippen LogP contribution >= 0.6 is 0 Å². The molecular weight excluding hydrogens is 336 g/mol. The highest BCUT2D eigenvalue weighted by atomic mass is 32.2. The van der Waals surface area contributed by atoms with Gasteiger partial charge in [0.1, 0.15) is 0 Å². The van der Waals surface area contributed by atoms with Gasteiger partial charge < -0.3 is 10.2 Å². The molecule has 0 aromatic heterocycles. The van der Waals surface area contributed by atoms with Crippen molar-refractivity contribution < 1.29 is 8.42 Å². The molecule has 1 heterocycles. The summed E-state index contributed by atoms with van der Waals surface area (Å²) in [4.78, 5) is 7.28. The van der Waals surface area contributed by atoms with Crippen molar-refractivity contribution in [2.24, 2.45) is 15.5 Å². The number of nitrogens with zero attached hydrogens (tertiary/aromatic N) is 2. The van der Waals surface area contributed by atoms with Crippen LogP contribution in [0.2, 0.25) is 0 Å². The molecule has 6 nitrogen and oxygen atoms in total. The van der Waals surface area contributed by atoms with E-state index in [-0.39, 0.29) is 4.90 Å². The zero-order valence-corrected chi connectivity index (χ0v) is 15.7. The first kappa shape index (κ1) is 18.2. The zero-order valence-electron chi connectivity index (χ0n) is 14.9. The Hall–Kier alpha value is -1.60. The molecule has 0 bridgehead atoms. The van der Waals surface area contributed by atoms with Gasteiger partial charge in [-0.25, -0.2) is 18.5 Å². The lowest BCUT2D eigenvalue weighted by Crippen LogP contribution is -2.41. The number of rotatable bonds is 4. The third-order valence-corrected chi connectivity index (χ3v) is 6.33. The average Bonchev–Trinajstić information content (AvgIpc) is 3.21. The Morgan fingerprint density at radius 3 is 2.52 bits per heavy atom. The van der Waals surface area contributed by atoms with E-state index in [2.05, 4.69) is 17.1 Å². The highest BCUT2D eigenvalue weighted by molar-refractivity contribution is 7.89. The van der Waals surface area contributed by atoms with Gasteiger partial charge in [0.05, 0.1) is 11.4 Å². The largest absolute Gasteiger partial charge is 0.357 e. The summed E-state index contributed by atoms with van der Waals surface area (Å²) in [6, 6.07) is 6.62. The highest BCUT2D eigenvalue weighted by Crippen LogP contribution is 2.45. The van der Waals surface area contributed by atoms with E-state index in [1.54, 1.807) is 12.1 Å². The number of guanidine groups is 1. The lowest BCUT2D eigenvalue weighted by atomic mass is 9.86. The van der Waals surface area contributed by atoms with Gasteiger partial charge in [-0.15, -0.1) is 0 Å². The van der Waals surface area contributed by atoms with Gasteiger partial charge in [-0.2, -0.15) is 0 Å². The predicted molar refractivity (Wildman–Crippen MR) is 99.7 cm³/mol. The van der Waals surface area contributed by atoms with Crippen molar-refractivity contribution in [2.45, 2.75) is 50.5 Å². The first-order chi connectivity index (χ1) is 11.9. The SMILES string of the molecule is CCNC(=NCc1ccc(S(N)(=O)=O)cc1)N1CCC2(CCCC2)C1. The smallest absolute Gasteiger partial charge is 0.238 e. The van der Waals surface area contributed by atoms with Gasteiger partial charge in [0.2, 0.25) is 10.0 Å². The first-order valence-electron chi connectivity index (χ1n) is 9.07. The molecule has 2 aliphatic rings. The van der Waals surface area contributed by atoms with Crippen LogP contribution in [0.3, 0.4) is 0 Å². The second-order valence-electron chi connectivity index (χ2n) is 7.24. The molecule has 0 unspecified atom stereocenters. The maximum atomic E-state index is 11.3. The molecule has 1 aliphatic heterocycles. The molecule has 1 saturated heterocycles. The number of sulfonamides is 1. The van der Waals surface area contributed by atoms with E-state index in [1.807, 2.05) is 0 Å². The van der Waals surface area contributed by atoms with Crippen LogP contribution in [-0.2, 0) is 16.6 Å². The number of hydrogen-bond donors (Lipinski definition) is 2. The molecule has 7 heteroatoms. The summed E-state index contributed by atoms with van der Waals surface area (Å²) in [7, 11) is -3.64. The van der Waals surface area contributed by atoms with E-state index < -0.39 is 10.0 Å². The summed E-state index contributed by atoms with van der Waals surface area (Å²) in [5.41, 5.74) is 1.48. The van der Waals surface area contributed by atoms with Gasteiger partial charge in [0.15, 0.2) is 5.96 Å². The Balaban J connectivity index is 1.68. The van der Waals surface area contributed by atoms with Gasteiger partial charge in [0.25, 0.3) is 0 Å². The van der Waals surface area contributed by atoms with Gasteiger partial charge in [-0.05, 0) is 49.3 Å². The molecule has 1 spiro atoms. The first-order valence-corrected chi connectivity index (χ1v) is 10.6. The van der Waals surface area contributed by atoms with Crippen molar-refractivity contribution in [2.75, 3.05) is 19.6 Å². The molecular formula is C18H28N4O2S. The standard InChI is InChI=1S/C18H28N4O2S/c1-2-20-17(22-12-11-18(14-22)9-3-4-10-18)21-13-15-5-7-16(8-6-15)25(19,23)24/h5-8H,2-4,9-14H2,1H3,(H,20,21)(H2,19,23,24). The summed E-state index contributed by atoms with van der Waals surface area (Å²) in [5, 5.41) is 8.53. The topological polar surface area (TPSA) is 87.8 Å². The van der Waals surface area contributed by atoms with Gasteiger partial charge in [-0.3, -0.25) is 0 Å². The van der Waals surface area contributed by atoms with Crippen molar-refractivity contribution >= 4 is 16.0 Å². The Kier molecular flexibility index (Phi) is 5.34. The Morgan fingerprint density at radius 2 is 1.92 bits per heavy atom. The fourth-order valence-corrected chi connectivity index (χ4v) is 4.54. The summed E-state index contributed by atoms with van der Waals surface area (Å²) in [6.45, 7) is 5.61. The van der Waals surface area contributed by atoms with Crippen LogP contribution in [0.25, 0.3) is 0 Å². The van der Waals surface area contributed by atoms with Gasteiger partial charge >= 0.3 is 0 Å². The van der Waals surface area contributed by atoms with Crippen LogP contribution in [0.1, 0.15) is 44.6 Å². The number of hydrogen-bond acceptors (Lipinski definition) is 3. The quantitative estimate of drug-likeness (QED) is 0.632. The number of nitrogens with two attached hydrogens (primary N) is 1. The average molecular weight is 365 g/mol. The fraction of sp³-hybridized carbons (Fsp3) is 0.611. The molecule has 1 aliphatic carbocycles. The lowest BCUT2D eigenvalue weighted by Gasteiger charge is -2.26. The van der Waals surface area contributed by atoms with Crippen molar-refractivity contribution in [3.63, 3.8) is 0 Å². The molecule has 3 rings (SSSR count). The molecule has 1 aromatic carbocycles. The normalized spacial score (nSPS) is 20.4. The van der Waals surface area contributed by atoms with Crippen molar-refractivity contribution in [1.29, 1.82) is 0 Å². The minimum atomic E-state index is -3.64. The molecule has 2 fully saturated rings. The van der Waals surface area contributed by atoms with Gasteiger partial charge in [0, 0.05) is 19.6 Å². The van der Waals surface area contributed by atoms with Crippen molar-refractivity contribution in [3.8, 4) is 0 Å². The van der Waals surface area contributed by atoms with Crippen LogP contribution in [0.5, 0.6) is 0 Å². The maximum absolute atomic E-state index is 11.3. The van der Waals surface area contributed by atoms with Crippen LogP contribution in [0.4, 0.5) is 0 Å². The molecule has 0 amide bonds. The molecule has 1 saturated carbocycles. The minimum absolute atomic E-state index is 0.134. The Bertz CT molecular complexity index is 722. The fourth-order valence-electron chi connectivity index (χ4n) is 4.03. The molecule has 3 N–H and O–H groups in total. The van der Waals surface area contributed by atoms with Crippen molar-refractivity contribution in [1.82, 2.24) is 10.2 Å². The number of likely N-dealkylation sites (tertiary alicyclic amines) is 1. The third kappa shape index (κ3) is 4.33. The highest BCUT2D eigenvalue weighted by Gasteiger charge is 2.41. The van der Waals surface area contributed by atoms with E-state index in [0.717, 1.165) is 31.2 Å². The zero-order chi connectivity index (χ0) is 17.9. The minimum Gasteiger partial charge on any atom is -0.357 e. The summed E-state index contributed by atoms with van der Waals surface area (Å²) >= 11 is 0. The number of aliphatic imine (C=N–C) groups is 1.